The first kappa shape index (κ1) is 8.52. The highest BCUT2D eigenvalue weighted by Gasteiger charge is 2.25. The van der Waals surface area contributed by atoms with Gasteiger partial charge in [0.15, 0.2) is 0 Å². The highest BCUT2D eigenvalue weighted by atomic mass is 14.5. The van der Waals surface area contributed by atoms with E-state index in [0.29, 0.717) is 6.54 Å². The Labute approximate surface area is 79.3 Å². The van der Waals surface area contributed by atoms with Crippen LogP contribution in [-0.4, -0.2) is 6.54 Å². The van der Waals surface area contributed by atoms with Crippen LogP contribution in [0.3, 0.4) is 0 Å². The second-order valence-corrected chi connectivity index (χ2v) is 3.67. The van der Waals surface area contributed by atoms with E-state index in [9.17, 15) is 0 Å². The van der Waals surface area contributed by atoms with Crippen molar-refractivity contribution in [3.05, 3.63) is 42.0 Å². The molecule has 0 amide bonds. The van der Waals surface area contributed by atoms with Gasteiger partial charge in [0, 0.05) is 6.54 Å². The molecule has 0 unspecified atom stereocenters. The molecule has 0 bridgehead atoms. The maximum atomic E-state index is 5.59. The van der Waals surface area contributed by atoms with Gasteiger partial charge in [-0.2, -0.15) is 0 Å². The molecule has 0 spiro atoms. The molecule has 0 aliphatic heterocycles. The molecule has 1 heteroatoms. The van der Waals surface area contributed by atoms with Crippen molar-refractivity contribution >= 4 is 5.57 Å². The van der Waals surface area contributed by atoms with Gasteiger partial charge >= 0.3 is 0 Å². The molecule has 2 N–H and O–H groups in total. The summed E-state index contributed by atoms with van der Waals surface area (Å²) in [6.07, 6.45) is 2.66. The molecule has 2 rings (SSSR count). The zero-order valence-corrected chi connectivity index (χ0v) is 7.79. The predicted molar refractivity (Wildman–Crippen MR) is 56.5 cm³/mol. The maximum absolute atomic E-state index is 5.59. The van der Waals surface area contributed by atoms with E-state index in [-0.39, 0.29) is 0 Å². The minimum absolute atomic E-state index is 0.559. The Morgan fingerprint density at radius 2 is 2.08 bits per heavy atom. The van der Waals surface area contributed by atoms with Crippen LogP contribution in [0.25, 0.3) is 5.57 Å². The van der Waals surface area contributed by atoms with Crippen molar-refractivity contribution in [1.82, 2.24) is 0 Å². The van der Waals surface area contributed by atoms with Gasteiger partial charge in [-0.15, -0.1) is 0 Å². The lowest BCUT2D eigenvalue weighted by Crippen LogP contribution is -2.03. The van der Waals surface area contributed by atoms with E-state index in [1.54, 1.807) is 0 Å². The minimum Gasteiger partial charge on any atom is -0.326 e. The molecule has 1 aromatic carbocycles. The molecule has 0 atom stereocenters. The molecule has 0 aromatic heterocycles. The first-order valence-corrected chi connectivity index (χ1v) is 4.80. The van der Waals surface area contributed by atoms with Crippen LogP contribution in [0.15, 0.2) is 30.8 Å². The number of benzene rings is 1. The molecular formula is C12H15N. The van der Waals surface area contributed by atoms with Gasteiger partial charge in [0.1, 0.15) is 0 Å². The summed E-state index contributed by atoms with van der Waals surface area (Å²) in [4.78, 5) is 0. The van der Waals surface area contributed by atoms with E-state index < -0.39 is 0 Å². The monoisotopic (exact) mass is 173 g/mol. The highest BCUT2D eigenvalue weighted by molar-refractivity contribution is 5.68. The van der Waals surface area contributed by atoms with E-state index in [1.807, 2.05) is 0 Å². The standard InChI is InChI=1S/C12H15N/c1-9(8-13)11-4-2-3-5-12(11)10-6-7-10/h2-5,10H,1,6-8,13H2. The van der Waals surface area contributed by atoms with Crippen LogP contribution in [0.1, 0.15) is 29.9 Å². The maximum Gasteiger partial charge on any atom is 0.0178 e. The zero-order valence-electron chi connectivity index (χ0n) is 7.79. The quantitative estimate of drug-likeness (QED) is 0.746. The van der Waals surface area contributed by atoms with Crippen molar-refractivity contribution in [2.45, 2.75) is 18.8 Å². The molecule has 1 nitrogen and oxygen atoms in total. The van der Waals surface area contributed by atoms with Gasteiger partial charge in [-0.25, -0.2) is 0 Å². The Bertz CT molecular complexity index is 324. The third kappa shape index (κ3) is 1.65. The Balaban J connectivity index is 2.36. The average molecular weight is 173 g/mol. The summed E-state index contributed by atoms with van der Waals surface area (Å²) in [7, 11) is 0. The molecule has 1 fully saturated rings. The zero-order chi connectivity index (χ0) is 9.26. The van der Waals surface area contributed by atoms with Crippen molar-refractivity contribution in [1.29, 1.82) is 0 Å². The van der Waals surface area contributed by atoms with Gasteiger partial charge in [-0.3, -0.25) is 0 Å². The van der Waals surface area contributed by atoms with Gasteiger partial charge in [-0.05, 0) is 35.5 Å². The molecule has 68 valence electrons. The molecule has 1 aromatic rings. The molecule has 1 saturated carbocycles. The van der Waals surface area contributed by atoms with E-state index in [4.69, 9.17) is 5.73 Å². The number of rotatable bonds is 3. The van der Waals surface area contributed by atoms with Crippen molar-refractivity contribution in [2.75, 3.05) is 6.54 Å². The fourth-order valence-electron chi connectivity index (χ4n) is 1.68. The largest absolute Gasteiger partial charge is 0.326 e. The Hall–Kier alpha value is -1.08. The first-order chi connectivity index (χ1) is 6.33. The summed E-state index contributed by atoms with van der Waals surface area (Å²) in [5.41, 5.74) is 9.37. The second-order valence-electron chi connectivity index (χ2n) is 3.67. The van der Waals surface area contributed by atoms with Crippen LogP contribution in [0.2, 0.25) is 0 Å². The van der Waals surface area contributed by atoms with E-state index >= 15 is 0 Å². The topological polar surface area (TPSA) is 26.0 Å². The van der Waals surface area contributed by atoms with Crippen LogP contribution < -0.4 is 5.73 Å². The summed E-state index contributed by atoms with van der Waals surface area (Å²) >= 11 is 0. The second kappa shape index (κ2) is 3.35. The van der Waals surface area contributed by atoms with E-state index in [0.717, 1.165) is 11.5 Å². The fraction of sp³-hybridized carbons (Fsp3) is 0.333. The first-order valence-electron chi connectivity index (χ1n) is 4.80. The average Bonchev–Trinajstić information content (AvgIpc) is 3.00. The molecular weight excluding hydrogens is 158 g/mol. The Morgan fingerprint density at radius 3 is 2.69 bits per heavy atom. The van der Waals surface area contributed by atoms with E-state index in [1.165, 1.54) is 24.0 Å². The van der Waals surface area contributed by atoms with Gasteiger partial charge in [-0.1, -0.05) is 30.8 Å². The van der Waals surface area contributed by atoms with Crippen molar-refractivity contribution in [2.24, 2.45) is 5.73 Å². The smallest absolute Gasteiger partial charge is 0.0178 e. The molecule has 0 radical (unpaired) electrons. The Kier molecular flexibility index (Phi) is 2.19. The van der Waals surface area contributed by atoms with E-state index in [2.05, 4.69) is 30.8 Å². The third-order valence-electron chi connectivity index (χ3n) is 2.61. The number of hydrogen-bond donors (Lipinski definition) is 1. The number of nitrogens with two attached hydrogens (primary N) is 1. The van der Waals surface area contributed by atoms with Crippen LogP contribution in [-0.2, 0) is 0 Å². The van der Waals surface area contributed by atoms with Gasteiger partial charge in [0.2, 0.25) is 0 Å². The third-order valence-corrected chi connectivity index (χ3v) is 2.61. The fourth-order valence-corrected chi connectivity index (χ4v) is 1.68. The van der Waals surface area contributed by atoms with Gasteiger partial charge in [0.05, 0.1) is 0 Å². The SMILES string of the molecule is C=C(CN)c1ccccc1C1CC1. The summed E-state index contributed by atoms with van der Waals surface area (Å²) in [6.45, 7) is 4.55. The summed E-state index contributed by atoms with van der Waals surface area (Å²) < 4.78 is 0. The lowest BCUT2D eigenvalue weighted by Gasteiger charge is -2.09. The van der Waals surface area contributed by atoms with Crippen molar-refractivity contribution in [3.63, 3.8) is 0 Å². The van der Waals surface area contributed by atoms with Gasteiger partial charge in [0.25, 0.3) is 0 Å². The van der Waals surface area contributed by atoms with Crippen LogP contribution in [0.4, 0.5) is 0 Å². The summed E-state index contributed by atoms with van der Waals surface area (Å²) in [6, 6.07) is 8.49. The summed E-state index contributed by atoms with van der Waals surface area (Å²) in [5.74, 6) is 0.777. The van der Waals surface area contributed by atoms with Crippen LogP contribution in [0, 0.1) is 0 Å². The van der Waals surface area contributed by atoms with Gasteiger partial charge < -0.3 is 5.73 Å². The molecule has 0 saturated heterocycles. The summed E-state index contributed by atoms with van der Waals surface area (Å²) in [5, 5.41) is 0. The highest BCUT2D eigenvalue weighted by Crippen LogP contribution is 2.42. The normalized spacial score (nSPS) is 15.8. The lowest BCUT2D eigenvalue weighted by molar-refractivity contribution is 1.11. The molecule has 1 aliphatic rings. The van der Waals surface area contributed by atoms with Crippen LogP contribution in [0.5, 0.6) is 0 Å². The van der Waals surface area contributed by atoms with Crippen LogP contribution >= 0.6 is 0 Å². The lowest BCUT2D eigenvalue weighted by atomic mass is 9.98. The Morgan fingerprint density at radius 1 is 1.38 bits per heavy atom. The van der Waals surface area contributed by atoms with Crippen molar-refractivity contribution in [3.8, 4) is 0 Å². The molecule has 0 heterocycles. The van der Waals surface area contributed by atoms with Crippen molar-refractivity contribution < 1.29 is 0 Å². The minimum atomic E-state index is 0.559. The molecule has 1 aliphatic carbocycles. The predicted octanol–water partition coefficient (Wildman–Crippen LogP) is 2.54. The molecule has 13 heavy (non-hydrogen) atoms. The number of hydrogen-bond acceptors (Lipinski definition) is 1.